The Hall–Kier alpha value is -2.32. The van der Waals surface area contributed by atoms with Crippen LogP contribution in [0.3, 0.4) is 0 Å². The molecule has 27 heavy (non-hydrogen) atoms. The van der Waals surface area contributed by atoms with Crippen molar-refractivity contribution in [2.75, 3.05) is 5.32 Å². The largest absolute Gasteiger partial charge is 0.392 e. The Morgan fingerprint density at radius 1 is 0.926 bits per heavy atom. The Morgan fingerprint density at radius 2 is 1.56 bits per heavy atom. The average Bonchev–Trinajstić information content (AvgIpc) is 2.67. The standard InChI is InChI=1S/C20H20N2O3S2/c21-27(24,25)19-12-16(14-23)11-18(22-13-15-7-3-1-4-8-15)20(19)26-17-9-5-2-6-10-17/h1-12,22-23H,13-14H2,(H2,21,24,25). The second-order valence-corrected chi connectivity index (χ2v) is 8.54. The number of benzene rings is 3. The number of hydrogen-bond donors (Lipinski definition) is 3. The topological polar surface area (TPSA) is 92.4 Å². The van der Waals surface area contributed by atoms with Crippen LogP contribution in [0, 0.1) is 0 Å². The molecule has 0 saturated heterocycles. The van der Waals surface area contributed by atoms with E-state index in [1.165, 1.54) is 17.8 Å². The lowest BCUT2D eigenvalue weighted by atomic mass is 10.2. The fraction of sp³-hybridized carbons (Fsp3) is 0.100. The van der Waals surface area contributed by atoms with Crippen LogP contribution in [-0.2, 0) is 23.2 Å². The molecule has 0 aromatic heterocycles. The van der Waals surface area contributed by atoms with Crippen LogP contribution in [0.15, 0.2) is 87.5 Å². The van der Waals surface area contributed by atoms with Crippen LogP contribution in [0.5, 0.6) is 0 Å². The highest BCUT2D eigenvalue weighted by atomic mass is 32.2. The maximum absolute atomic E-state index is 12.2. The fourth-order valence-corrected chi connectivity index (χ4v) is 4.68. The summed E-state index contributed by atoms with van der Waals surface area (Å²) in [7, 11) is -3.96. The minimum Gasteiger partial charge on any atom is -0.392 e. The van der Waals surface area contributed by atoms with Crippen molar-refractivity contribution in [3.8, 4) is 0 Å². The average molecular weight is 401 g/mol. The van der Waals surface area contributed by atoms with Gasteiger partial charge in [-0.3, -0.25) is 0 Å². The molecule has 0 bridgehead atoms. The molecular formula is C20H20N2O3S2. The van der Waals surface area contributed by atoms with Crippen LogP contribution in [-0.4, -0.2) is 13.5 Å². The lowest BCUT2D eigenvalue weighted by Gasteiger charge is -2.17. The lowest BCUT2D eigenvalue weighted by molar-refractivity contribution is 0.281. The summed E-state index contributed by atoms with van der Waals surface area (Å²) in [6.07, 6.45) is 0. The van der Waals surface area contributed by atoms with Crippen molar-refractivity contribution in [1.82, 2.24) is 0 Å². The molecule has 5 nitrogen and oxygen atoms in total. The first-order valence-electron chi connectivity index (χ1n) is 8.28. The molecule has 0 aliphatic rings. The van der Waals surface area contributed by atoms with Gasteiger partial charge in [-0.05, 0) is 35.4 Å². The maximum atomic E-state index is 12.2. The van der Waals surface area contributed by atoms with E-state index in [1.807, 2.05) is 60.7 Å². The van der Waals surface area contributed by atoms with Gasteiger partial charge in [0.05, 0.1) is 22.1 Å². The van der Waals surface area contributed by atoms with Gasteiger partial charge in [0.25, 0.3) is 0 Å². The quantitative estimate of drug-likeness (QED) is 0.564. The van der Waals surface area contributed by atoms with Gasteiger partial charge in [-0.25, -0.2) is 13.6 Å². The Bertz CT molecular complexity index is 1010. The van der Waals surface area contributed by atoms with Gasteiger partial charge in [-0.15, -0.1) is 0 Å². The number of sulfonamides is 1. The lowest BCUT2D eigenvalue weighted by Crippen LogP contribution is -2.15. The second kappa shape index (κ2) is 8.58. The molecule has 4 N–H and O–H groups in total. The number of rotatable bonds is 7. The van der Waals surface area contributed by atoms with Crippen molar-refractivity contribution in [3.05, 3.63) is 83.9 Å². The van der Waals surface area contributed by atoms with E-state index in [0.29, 0.717) is 22.7 Å². The molecule has 0 aliphatic heterocycles. The van der Waals surface area contributed by atoms with E-state index in [0.717, 1.165) is 10.5 Å². The van der Waals surface area contributed by atoms with Gasteiger partial charge in [0.15, 0.2) is 0 Å². The van der Waals surface area contributed by atoms with Crippen LogP contribution < -0.4 is 10.5 Å². The number of hydrogen-bond acceptors (Lipinski definition) is 5. The van der Waals surface area contributed by atoms with Crippen molar-refractivity contribution in [1.29, 1.82) is 0 Å². The molecule has 7 heteroatoms. The van der Waals surface area contributed by atoms with E-state index in [-0.39, 0.29) is 11.5 Å². The van der Waals surface area contributed by atoms with E-state index >= 15 is 0 Å². The third-order valence-corrected chi connectivity index (χ3v) is 6.11. The molecule has 0 amide bonds. The predicted molar refractivity (Wildman–Crippen MR) is 108 cm³/mol. The van der Waals surface area contributed by atoms with Crippen LogP contribution in [0.1, 0.15) is 11.1 Å². The minimum absolute atomic E-state index is 0.00142. The molecule has 0 heterocycles. The smallest absolute Gasteiger partial charge is 0.239 e. The third kappa shape index (κ3) is 5.11. The minimum atomic E-state index is -3.96. The summed E-state index contributed by atoms with van der Waals surface area (Å²) < 4.78 is 24.4. The van der Waals surface area contributed by atoms with Crippen molar-refractivity contribution in [2.24, 2.45) is 5.14 Å². The van der Waals surface area contributed by atoms with Gasteiger partial charge in [0, 0.05) is 11.4 Å². The van der Waals surface area contributed by atoms with Gasteiger partial charge in [0.1, 0.15) is 0 Å². The molecule has 0 radical (unpaired) electrons. The van der Waals surface area contributed by atoms with Gasteiger partial charge >= 0.3 is 0 Å². The fourth-order valence-electron chi connectivity index (χ4n) is 2.60. The molecule has 0 unspecified atom stereocenters. The summed E-state index contributed by atoms with van der Waals surface area (Å²) >= 11 is 1.32. The number of nitrogens with one attached hydrogen (secondary N) is 1. The summed E-state index contributed by atoms with van der Waals surface area (Å²) in [6, 6.07) is 22.4. The Kier molecular flexibility index (Phi) is 6.18. The normalized spacial score (nSPS) is 11.3. The first kappa shape index (κ1) is 19.4. The molecule has 3 aromatic rings. The molecule has 0 saturated carbocycles. The van der Waals surface area contributed by atoms with E-state index in [4.69, 9.17) is 5.14 Å². The van der Waals surface area contributed by atoms with Crippen LogP contribution in [0.2, 0.25) is 0 Å². The first-order valence-corrected chi connectivity index (χ1v) is 10.6. The van der Waals surface area contributed by atoms with E-state index in [2.05, 4.69) is 5.32 Å². The Labute approximate surface area is 163 Å². The summed E-state index contributed by atoms with van der Waals surface area (Å²) in [5, 5.41) is 18.3. The van der Waals surface area contributed by atoms with Gasteiger partial charge in [0.2, 0.25) is 10.0 Å². The number of aliphatic hydroxyl groups excluding tert-OH is 1. The van der Waals surface area contributed by atoms with Crippen molar-refractivity contribution in [2.45, 2.75) is 27.8 Å². The summed E-state index contributed by atoms with van der Waals surface area (Å²) in [6.45, 7) is 0.237. The van der Waals surface area contributed by atoms with Crippen LogP contribution >= 0.6 is 11.8 Å². The van der Waals surface area contributed by atoms with Crippen molar-refractivity contribution < 1.29 is 13.5 Å². The molecule has 140 valence electrons. The number of nitrogens with two attached hydrogens (primary N) is 1. The zero-order valence-corrected chi connectivity index (χ0v) is 16.1. The monoisotopic (exact) mass is 400 g/mol. The predicted octanol–water partition coefficient (Wildman–Crippen LogP) is 3.59. The Morgan fingerprint density at radius 3 is 2.15 bits per heavy atom. The summed E-state index contributed by atoms with van der Waals surface area (Å²) in [5.41, 5.74) is 2.15. The molecule has 0 spiro atoms. The maximum Gasteiger partial charge on any atom is 0.239 e. The van der Waals surface area contributed by atoms with Crippen LogP contribution in [0.25, 0.3) is 0 Å². The van der Waals surface area contributed by atoms with Crippen molar-refractivity contribution >= 4 is 27.5 Å². The summed E-state index contributed by atoms with van der Waals surface area (Å²) in [5.74, 6) is 0. The highest BCUT2D eigenvalue weighted by Crippen LogP contribution is 2.39. The first-order chi connectivity index (χ1) is 13.0. The number of primary sulfonamides is 1. The molecule has 0 fully saturated rings. The highest BCUT2D eigenvalue weighted by molar-refractivity contribution is 8.00. The molecule has 3 aromatic carbocycles. The van der Waals surface area contributed by atoms with Gasteiger partial charge < -0.3 is 10.4 Å². The zero-order chi connectivity index (χ0) is 19.3. The summed E-state index contributed by atoms with van der Waals surface area (Å²) in [4.78, 5) is 1.40. The number of aliphatic hydroxyl groups is 1. The van der Waals surface area contributed by atoms with Gasteiger partial charge in [-0.2, -0.15) is 0 Å². The zero-order valence-electron chi connectivity index (χ0n) is 14.5. The highest BCUT2D eigenvalue weighted by Gasteiger charge is 2.20. The SMILES string of the molecule is NS(=O)(=O)c1cc(CO)cc(NCc2ccccc2)c1Sc1ccccc1. The third-order valence-electron chi connectivity index (χ3n) is 3.89. The Balaban J connectivity index is 2.05. The molecule has 3 rings (SSSR count). The van der Waals surface area contributed by atoms with E-state index in [1.54, 1.807) is 6.07 Å². The second-order valence-electron chi connectivity index (χ2n) is 5.93. The van der Waals surface area contributed by atoms with E-state index < -0.39 is 10.0 Å². The molecule has 0 aliphatic carbocycles. The van der Waals surface area contributed by atoms with Gasteiger partial charge in [-0.1, -0.05) is 60.3 Å². The van der Waals surface area contributed by atoms with Crippen molar-refractivity contribution in [3.63, 3.8) is 0 Å². The molecular weight excluding hydrogens is 380 g/mol. The number of anilines is 1. The molecule has 0 atom stereocenters. The van der Waals surface area contributed by atoms with Crippen LogP contribution in [0.4, 0.5) is 5.69 Å². The van der Waals surface area contributed by atoms with E-state index in [9.17, 15) is 13.5 Å².